The number of amides is 2. The molecule has 0 atom stereocenters. The molecule has 2 aromatic carbocycles. The van der Waals surface area contributed by atoms with Crippen molar-refractivity contribution >= 4 is 97.5 Å². The van der Waals surface area contributed by atoms with Crippen molar-refractivity contribution in [3.8, 4) is 11.5 Å². The lowest BCUT2D eigenvalue weighted by Crippen LogP contribution is -2.27. The molecule has 196 valence electrons. The zero-order valence-electron chi connectivity index (χ0n) is 20.1. The number of methoxy groups -OCH3 is 1. The summed E-state index contributed by atoms with van der Waals surface area (Å²) in [4.78, 5) is 25.7. The van der Waals surface area contributed by atoms with E-state index in [9.17, 15) is 9.59 Å². The van der Waals surface area contributed by atoms with Crippen molar-refractivity contribution in [3.05, 3.63) is 57.8 Å². The highest BCUT2D eigenvalue weighted by atomic mass is 79.9. The van der Waals surface area contributed by atoms with E-state index in [4.69, 9.17) is 9.47 Å². The molecule has 2 amide bonds. The van der Waals surface area contributed by atoms with E-state index in [1.807, 2.05) is 32.2 Å². The number of hydrogen-bond donors (Lipinski definition) is 1. The fourth-order valence-electron chi connectivity index (χ4n) is 3.14. The van der Waals surface area contributed by atoms with Gasteiger partial charge in [0.25, 0.3) is 0 Å². The summed E-state index contributed by atoms with van der Waals surface area (Å²) in [5, 5.41) is 2.86. The van der Waals surface area contributed by atoms with E-state index in [2.05, 4.69) is 85.0 Å². The van der Waals surface area contributed by atoms with Crippen molar-refractivity contribution in [2.24, 2.45) is 0 Å². The van der Waals surface area contributed by atoms with Crippen LogP contribution in [0, 0.1) is 0 Å². The quantitative estimate of drug-likeness (QED) is 0.137. The van der Waals surface area contributed by atoms with Crippen LogP contribution in [0.1, 0.15) is 30.9 Å². The number of nitrogens with zero attached hydrogens (tertiary/aromatic N) is 1. The third-order valence-electron chi connectivity index (χ3n) is 5.16. The highest BCUT2D eigenvalue weighted by molar-refractivity contribution is 9.14. The molecular weight excluding hydrogens is 792 g/mol. The first kappa shape index (κ1) is 31.3. The van der Waals surface area contributed by atoms with Crippen molar-refractivity contribution in [2.45, 2.75) is 26.2 Å². The molecule has 0 radical (unpaired) electrons. The Morgan fingerprint density at radius 1 is 1.03 bits per heavy atom. The summed E-state index contributed by atoms with van der Waals surface area (Å²) in [5.41, 5.74) is 1.90. The zero-order chi connectivity index (χ0) is 26.8. The maximum Gasteiger partial charge on any atom is 0.244 e. The highest BCUT2D eigenvalue weighted by Crippen LogP contribution is 2.40. The average Bonchev–Trinajstić information content (AvgIpc) is 2.86. The smallest absolute Gasteiger partial charge is 0.244 e. The molecule has 0 saturated heterocycles. The second kappa shape index (κ2) is 15.5. The Bertz CT molecular complexity index is 1100. The van der Waals surface area contributed by atoms with Gasteiger partial charge < -0.3 is 19.7 Å². The summed E-state index contributed by atoms with van der Waals surface area (Å²) in [6.07, 6.45) is 5.11. The lowest BCUT2D eigenvalue weighted by Gasteiger charge is -2.17. The molecule has 0 aliphatic rings. The van der Waals surface area contributed by atoms with Gasteiger partial charge in [0.1, 0.15) is 11.5 Å². The number of ether oxygens (including phenoxy) is 2. The summed E-state index contributed by atoms with van der Waals surface area (Å²) >= 11 is 17.6. The van der Waals surface area contributed by atoms with Crippen LogP contribution in [-0.4, -0.2) is 50.6 Å². The van der Waals surface area contributed by atoms with Crippen LogP contribution in [0.2, 0.25) is 0 Å². The Morgan fingerprint density at radius 3 is 2.31 bits per heavy atom. The number of carbonyl (C=O) groups excluding carboxylic acids is 2. The summed E-state index contributed by atoms with van der Waals surface area (Å²) in [6, 6.07) is 5.84. The summed E-state index contributed by atoms with van der Waals surface area (Å²) < 4.78 is 15.4. The third-order valence-corrected chi connectivity index (χ3v) is 9.84. The van der Waals surface area contributed by atoms with Crippen LogP contribution in [0.25, 0.3) is 6.08 Å². The predicted octanol–water partition coefficient (Wildman–Crippen LogP) is 7.52. The van der Waals surface area contributed by atoms with E-state index in [-0.39, 0.29) is 11.8 Å². The van der Waals surface area contributed by atoms with Crippen molar-refractivity contribution in [2.75, 3.05) is 33.9 Å². The maximum absolute atomic E-state index is 12.2. The van der Waals surface area contributed by atoms with Gasteiger partial charge in [0.15, 0.2) is 0 Å². The van der Waals surface area contributed by atoms with Crippen molar-refractivity contribution in [3.63, 3.8) is 0 Å². The molecule has 0 aliphatic heterocycles. The van der Waals surface area contributed by atoms with Crippen LogP contribution < -0.4 is 14.8 Å². The van der Waals surface area contributed by atoms with E-state index in [0.717, 1.165) is 39.9 Å². The van der Waals surface area contributed by atoms with E-state index in [1.165, 1.54) is 6.08 Å². The molecule has 6 nitrogen and oxygen atoms in total. The van der Waals surface area contributed by atoms with Crippen molar-refractivity contribution in [1.82, 2.24) is 10.2 Å². The van der Waals surface area contributed by atoms with Gasteiger partial charge in [-0.3, -0.25) is 9.59 Å². The number of nitrogens with one attached hydrogen (secondary N) is 1. The van der Waals surface area contributed by atoms with Crippen LogP contribution in [0.4, 0.5) is 0 Å². The number of hydrogen-bond acceptors (Lipinski definition) is 4. The molecule has 0 heterocycles. The number of benzene rings is 2. The Labute approximate surface area is 254 Å². The Hall–Kier alpha value is -0.880. The predicted molar refractivity (Wildman–Crippen MR) is 162 cm³/mol. The molecule has 0 aliphatic carbocycles. The fraction of sp³-hybridized carbons (Fsp3) is 0.360. The van der Waals surface area contributed by atoms with Gasteiger partial charge in [0, 0.05) is 37.1 Å². The first-order valence-electron chi connectivity index (χ1n) is 11.1. The molecule has 0 spiro atoms. The van der Waals surface area contributed by atoms with E-state index in [0.29, 0.717) is 44.0 Å². The average molecular weight is 819 g/mol. The van der Waals surface area contributed by atoms with Crippen molar-refractivity contribution < 1.29 is 19.1 Å². The largest absolute Gasteiger partial charge is 0.496 e. The number of rotatable bonds is 12. The Balaban J connectivity index is 1.82. The molecule has 0 unspecified atom stereocenters. The number of likely N-dealkylation sites (N-methyl/N-ethyl adjacent to an activating group) is 1. The normalized spacial score (nSPS) is 11.0. The molecule has 2 rings (SSSR count). The van der Waals surface area contributed by atoms with Crippen LogP contribution in [0.3, 0.4) is 0 Å². The minimum Gasteiger partial charge on any atom is -0.496 e. The zero-order valence-corrected chi connectivity index (χ0v) is 28.0. The number of halogens is 5. The van der Waals surface area contributed by atoms with Gasteiger partial charge in [-0.25, -0.2) is 0 Å². The van der Waals surface area contributed by atoms with Crippen LogP contribution in [-0.2, 0) is 16.0 Å². The van der Waals surface area contributed by atoms with Gasteiger partial charge in [-0.15, -0.1) is 0 Å². The molecule has 0 saturated carbocycles. The number of carbonyl (C=O) groups is 2. The standard InChI is InChI=1S/C25H27Br5N2O4/c1-4-21(34)32(2)10-8-15-12-17(26)25(18(27)13-15)36-11-5-9-31-20(33)7-6-16-14-19(35-3)23(29)24(30)22(16)28/h6-7,12-14H,4-5,8-11H2,1-3H3,(H,31,33)/b7-6+. The van der Waals surface area contributed by atoms with Crippen LogP contribution in [0.5, 0.6) is 11.5 Å². The summed E-state index contributed by atoms with van der Waals surface area (Å²) in [7, 11) is 3.41. The Morgan fingerprint density at radius 2 is 1.69 bits per heavy atom. The molecule has 0 aromatic heterocycles. The highest BCUT2D eigenvalue weighted by Gasteiger charge is 2.13. The van der Waals surface area contributed by atoms with Gasteiger partial charge in [0.05, 0.1) is 31.6 Å². The molecule has 11 heteroatoms. The molecule has 0 bridgehead atoms. The minimum atomic E-state index is -0.196. The molecule has 2 aromatic rings. The van der Waals surface area contributed by atoms with Crippen LogP contribution in [0.15, 0.2) is 46.6 Å². The molecule has 1 N–H and O–H groups in total. The molecular formula is C25H27Br5N2O4. The third kappa shape index (κ3) is 9.15. The fourth-order valence-corrected chi connectivity index (χ4v) is 6.26. The van der Waals surface area contributed by atoms with Gasteiger partial charge in [-0.05, 0) is 128 Å². The first-order chi connectivity index (χ1) is 17.1. The second-order valence-electron chi connectivity index (χ2n) is 7.74. The second-order valence-corrected chi connectivity index (χ2v) is 11.8. The van der Waals surface area contributed by atoms with Crippen molar-refractivity contribution in [1.29, 1.82) is 0 Å². The molecule has 36 heavy (non-hydrogen) atoms. The van der Waals surface area contributed by atoms with E-state index in [1.54, 1.807) is 18.1 Å². The first-order valence-corrected chi connectivity index (χ1v) is 15.1. The lowest BCUT2D eigenvalue weighted by atomic mass is 10.1. The van der Waals surface area contributed by atoms with E-state index < -0.39 is 0 Å². The van der Waals surface area contributed by atoms with E-state index >= 15 is 0 Å². The SMILES string of the molecule is CCC(=O)N(C)CCc1cc(Br)c(OCCCNC(=O)/C=C/c2cc(OC)c(Br)c(Br)c2Br)c(Br)c1. The van der Waals surface area contributed by atoms with Gasteiger partial charge >= 0.3 is 0 Å². The minimum absolute atomic E-state index is 0.130. The van der Waals surface area contributed by atoms with Gasteiger partial charge in [0.2, 0.25) is 11.8 Å². The van der Waals surface area contributed by atoms with Gasteiger partial charge in [-0.1, -0.05) is 6.92 Å². The van der Waals surface area contributed by atoms with Crippen LogP contribution >= 0.6 is 79.6 Å². The monoisotopic (exact) mass is 814 g/mol. The summed E-state index contributed by atoms with van der Waals surface area (Å²) in [6.45, 7) is 3.43. The maximum atomic E-state index is 12.2. The Kier molecular flexibility index (Phi) is 13.5. The summed E-state index contributed by atoms with van der Waals surface area (Å²) in [5.74, 6) is 1.30. The topological polar surface area (TPSA) is 67.9 Å². The van der Waals surface area contributed by atoms with Gasteiger partial charge in [-0.2, -0.15) is 0 Å². The molecule has 0 fully saturated rings. The lowest BCUT2D eigenvalue weighted by molar-refractivity contribution is -0.129.